The Bertz CT molecular complexity index is 1660. The minimum Gasteiger partial charge on any atom is -0.545 e. The van der Waals surface area contributed by atoms with Gasteiger partial charge in [-0.05, 0) is 154 Å². The van der Waals surface area contributed by atoms with Crippen molar-refractivity contribution in [3.63, 3.8) is 0 Å². The van der Waals surface area contributed by atoms with E-state index in [-0.39, 0.29) is 29.0 Å². The highest BCUT2D eigenvalue weighted by Gasteiger charge is 2.57. The van der Waals surface area contributed by atoms with E-state index in [1.54, 1.807) is 13.0 Å². The van der Waals surface area contributed by atoms with Crippen LogP contribution in [-0.2, 0) is 30.3 Å². The highest BCUT2D eigenvalue weighted by molar-refractivity contribution is 14.1. The Labute approximate surface area is 366 Å². The number of rotatable bonds is 10. The van der Waals surface area contributed by atoms with Crippen LogP contribution in [0.15, 0.2) is 36.4 Å². The summed E-state index contributed by atoms with van der Waals surface area (Å²) in [5.74, 6) is -1.75. The normalized spacial score (nSPS) is 16.5. The lowest BCUT2D eigenvalue weighted by Crippen LogP contribution is -2.86. The molecule has 17 heteroatoms. The summed E-state index contributed by atoms with van der Waals surface area (Å²) in [7, 11) is 0. The van der Waals surface area contributed by atoms with Gasteiger partial charge in [0.05, 0.1) is 29.9 Å². The molecule has 1 saturated heterocycles. The number of aromatic carboxylic acids is 1. The van der Waals surface area contributed by atoms with Gasteiger partial charge in [0.1, 0.15) is 5.60 Å². The summed E-state index contributed by atoms with van der Waals surface area (Å²) in [6.45, 7) is 18.0. The Kier molecular flexibility index (Phi) is 19.0. The van der Waals surface area contributed by atoms with Crippen molar-refractivity contribution in [2.75, 3.05) is 13.1 Å². The molecule has 0 saturated carbocycles. The molecule has 1 heterocycles. The van der Waals surface area contributed by atoms with E-state index in [4.69, 9.17) is 9.47 Å². The molecule has 2 aromatic carbocycles. The third-order valence-electron chi connectivity index (χ3n) is 10.3. The van der Waals surface area contributed by atoms with Gasteiger partial charge in [-0.2, -0.15) is 26.3 Å². The lowest BCUT2D eigenvalue weighted by atomic mass is 9.82. The van der Waals surface area contributed by atoms with Gasteiger partial charge in [-0.25, -0.2) is 0 Å². The van der Waals surface area contributed by atoms with Crippen molar-refractivity contribution in [2.45, 2.75) is 124 Å². The van der Waals surface area contributed by atoms with E-state index in [1.165, 1.54) is 13.8 Å². The number of piperidine rings is 1. The molecule has 2 aromatic rings. The maximum Gasteiger partial charge on any atom is 0.432 e. The number of hydrogen-bond acceptors (Lipinski definition) is 7. The average Bonchev–Trinajstić information content (AvgIpc) is 3.09. The molecule has 0 aliphatic carbocycles. The summed E-state index contributed by atoms with van der Waals surface area (Å²) in [5, 5.41) is 22.6. The first kappa shape index (κ1) is 52.6. The highest BCUT2D eigenvalue weighted by atomic mass is 127. The smallest absolute Gasteiger partial charge is 0.432 e. The number of alkyl halides is 6. The Hall–Kier alpha value is -1.46. The zero-order chi connectivity index (χ0) is 43.9. The fraction of sp³-hybridized carbons (Fsp3) is 0.615. The van der Waals surface area contributed by atoms with E-state index >= 15 is 0 Å². The third-order valence-corrected chi connectivity index (χ3v) is 13.9. The minimum atomic E-state index is -5.01. The van der Waals surface area contributed by atoms with Crippen LogP contribution >= 0.6 is 67.8 Å². The molecule has 8 nitrogen and oxygen atoms in total. The molecule has 0 aromatic heterocycles. The average molecular weight is 1140 g/mol. The number of carbonyl (C=O) groups excluding carboxylic acids is 3. The van der Waals surface area contributed by atoms with Gasteiger partial charge in [-0.1, -0.05) is 38.1 Å². The number of carboxylic acids is 1. The molecular formula is C39H52F6I3NO7. The first-order valence-electron chi connectivity index (χ1n) is 17.8. The second-order valence-electron chi connectivity index (χ2n) is 15.7. The minimum absolute atomic E-state index is 0.0560. The van der Waals surface area contributed by atoms with E-state index in [9.17, 15) is 50.9 Å². The van der Waals surface area contributed by atoms with E-state index < -0.39 is 52.0 Å². The second kappa shape index (κ2) is 20.2. The molecular weight excluding hydrogens is 1090 g/mol. The summed E-state index contributed by atoms with van der Waals surface area (Å²) >= 11 is 6.19. The Balaban J connectivity index is 0.000000459. The van der Waals surface area contributed by atoms with Crippen molar-refractivity contribution >= 4 is 85.7 Å². The summed E-state index contributed by atoms with van der Waals surface area (Å²) in [4.78, 5) is 34.9. The fourth-order valence-electron chi connectivity index (χ4n) is 4.96. The standard InChI is InChI=1S/C18H22F6O3.C14H27NO2.C7H3I3O2/c1-6-14(2,3)13(25)27-16(5,18(22,23)24)12-9-7-11(8-10-12)15(4,26)17(19,20)21;1-6-13(2,3)12(16)17-14(4,5)11-7-9-15-10-8-11;8-3-1-4(7(11)12)6(10)5(9)2-3/h7-10,26H,6H2,1-5H3;11,15H,6-10H2,1-5H3;1-2H,(H,11,12). The number of ether oxygens (including phenoxy) is 2. The summed E-state index contributed by atoms with van der Waals surface area (Å²) in [6.07, 6.45) is -6.69. The number of carbonyl (C=O) groups is 3. The van der Waals surface area contributed by atoms with Crippen molar-refractivity contribution < 1.29 is 65.7 Å². The Morgan fingerprint density at radius 2 is 1.18 bits per heavy atom. The van der Waals surface area contributed by atoms with E-state index in [1.807, 2.05) is 49.4 Å². The number of nitrogens with two attached hydrogens (primary N) is 1. The predicted octanol–water partition coefficient (Wildman–Crippen LogP) is 8.80. The SMILES string of the molecule is CCC(C)(C)C(=O)OC(C)(C)C1CC[NH2+]CC1.CCC(C)(C)C(=O)OC(C)(c1ccc(C(C)(O)C(F)(F)F)cc1)C(F)(F)F.O=C([O-])c1cc(I)cc(I)c1I. The summed E-state index contributed by atoms with van der Waals surface area (Å²) in [6, 6.07) is 6.51. The predicted molar refractivity (Wildman–Crippen MR) is 223 cm³/mol. The summed E-state index contributed by atoms with van der Waals surface area (Å²) < 4.78 is 92.8. The number of halogens is 9. The largest absolute Gasteiger partial charge is 0.545 e. The molecule has 0 amide bonds. The van der Waals surface area contributed by atoms with E-state index in [2.05, 4.69) is 64.3 Å². The van der Waals surface area contributed by atoms with Crippen LogP contribution in [-0.4, -0.2) is 54.1 Å². The number of carboxylic acid groups (broad SMARTS) is 1. The van der Waals surface area contributed by atoms with Crippen molar-refractivity contribution in [1.29, 1.82) is 0 Å². The highest BCUT2D eigenvalue weighted by Crippen LogP contribution is 2.45. The first-order chi connectivity index (χ1) is 25.2. The van der Waals surface area contributed by atoms with Crippen LogP contribution in [0.2, 0.25) is 0 Å². The molecule has 1 aliphatic heterocycles. The van der Waals surface area contributed by atoms with Crippen molar-refractivity contribution in [2.24, 2.45) is 16.7 Å². The molecule has 1 fully saturated rings. The topological polar surface area (TPSA) is 130 Å². The lowest BCUT2D eigenvalue weighted by molar-refractivity contribution is -0.665. The van der Waals surface area contributed by atoms with Crippen LogP contribution in [0.1, 0.15) is 116 Å². The van der Waals surface area contributed by atoms with Crippen molar-refractivity contribution in [1.82, 2.24) is 0 Å². The van der Waals surface area contributed by atoms with Crippen molar-refractivity contribution in [3.05, 3.63) is 63.8 Å². The molecule has 2 atom stereocenters. The van der Waals surface area contributed by atoms with E-state index in [0.29, 0.717) is 19.8 Å². The van der Waals surface area contributed by atoms with Crippen LogP contribution in [0.25, 0.3) is 0 Å². The summed E-state index contributed by atoms with van der Waals surface area (Å²) in [5.41, 5.74) is -9.07. The van der Waals surface area contributed by atoms with Crippen molar-refractivity contribution in [3.8, 4) is 0 Å². The molecule has 0 spiro atoms. The molecule has 3 N–H and O–H groups in total. The van der Waals surface area contributed by atoms with Crippen LogP contribution in [0, 0.1) is 27.5 Å². The first-order valence-corrected chi connectivity index (χ1v) is 21.1. The molecule has 3 rings (SSSR count). The van der Waals surface area contributed by atoms with Gasteiger partial charge in [-0.3, -0.25) is 9.59 Å². The monoisotopic (exact) mass is 1140 g/mol. The number of quaternary nitrogens is 1. The second-order valence-corrected chi connectivity index (χ2v) is 19.2. The van der Waals surface area contributed by atoms with Gasteiger partial charge in [-0.15, -0.1) is 0 Å². The molecule has 0 bridgehead atoms. The van der Waals surface area contributed by atoms with Crippen LogP contribution < -0.4 is 10.4 Å². The Morgan fingerprint density at radius 3 is 1.57 bits per heavy atom. The number of aliphatic hydroxyl groups is 1. The van der Waals surface area contributed by atoms with Gasteiger partial charge in [0.2, 0.25) is 5.60 Å². The van der Waals surface area contributed by atoms with Gasteiger partial charge in [0, 0.05) is 40.6 Å². The van der Waals surface area contributed by atoms with Crippen LogP contribution in [0.4, 0.5) is 26.3 Å². The lowest BCUT2D eigenvalue weighted by Gasteiger charge is -2.37. The van der Waals surface area contributed by atoms with E-state index in [0.717, 1.165) is 67.3 Å². The molecule has 318 valence electrons. The number of benzene rings is 2. The van der Waals surface area contributed by atoms with Crippen LogP contribution in [0.3, 0.4) is 0 Å². The molecule has 0 radical (unpaired) electrons. The van der Waals surface area contributed by atoms with Gasteiger partial charge in [0.25, 0.3) is 0 Å². The van der Waals surface area contributed by atoms with Gasteiger partial charge < -0.3 is 29.8 Å². The Morgan fingerprint density at radius 1 is 0.750 bits per heavy atom. The van der Waals surface area contributed by atoms with Gasteiger partial charge >= 0.3 is 24.3 Å². The number of hydrogen-bond donors (Lipinski definition) is 2. The zero-order valence-corrected chi connectivity index (χ0v) is 39.6. The fourth-order valence-corrected chi connectivity index (χ4v) is 7.33. The maximum atomic E-state index is 13.7. The maximum absolute atomic E-state index is 13.7. The van der Waals surface area contributed by atoms with Crippen LogP contribution in [0.5, 0.6) is 0 Å². The number of esters is 2. The zero-order valence-electron chi connectivity index (χ0n) is 33.2. The quantitative estimate of drug-likeness (QED) is 0.105. The molecule has 1 aliphatic rings. The third kappa shape index (κ3) is 13.8. The molecule has 2 unspecified atom stereocenters. The molecule has 56 heavy (non-hydrogen) atoms. The van der Waals surface area contributed by atoms with Gasteiger partial charge in [0.15, 0.2) is 5.60 Å².